The van der Waals surface area contributed by atoms with Gasteiger partial charge in [-0.25, -0.2) is 8.42 Å². The fraction of sp³-hybridized carbons (Fsp3) is 0.125. The number of benzene rings is 2. The van der Waals surface area contributed by atoms with Crippen molar-refractivity contribution < 1.29 is 13.5 Å². The Kier molecular flexibility index (Phi) is 3.84. The second kappa shape index (κ2) is 5.53. The van der Waals surface area contributed by atoms with Gasteiger partial charge in [0.15, 0.2) is 5.44 Å². The molecule has 2 aromatic carbocycles. The molecule has 1 heterocycles. The molecule has 0 radical (unpaired) electrons. The van der Waals surface area contributed by atoms with Gasteiger partial charge in [0.2, 0.25) is 9.84 Å². The summed E-state index contributed by atoms with van der Waals surface area (Å²) in [6, 6.07) is 11.9. The highest BCUT2D eigenvalue weighted by molar-refractivity contribution is 9.10. The number of hydrogen-bond acceptors (Lipinski definition) is 3. The topological polar surface area (TPSA) is 70.2 Å². The van der Waals surface area contributed by atoms with E-state index in [2.05, 4.69) is 20.9 Å². The van der Waals surface area contributed by atoms with Crippen molar-refractivity contribution >= 4 is 36.7 Å². The number of aromatic amines is 1. The lowest BCUT2D eigenvalue weighted by molar-refractivity contribution is 0.256. The van der Waals surface area contributed by atoms with Crippen LogP contribution in [-0.2, 0) is 9.84 Å². The maximum Gasteiger partial charge on any atom is 0.209 e. The van der Waals surface area contributed by atoms with Crippen LogP contribution in [0.2, 0.25) is 0 Å². The van der Waals surface area contributed by atoms with Gasteiger partial charge in [-0.05, 0) is 37.3 Å². The van der Waals surface area contributed by atoms with Gasteiger partial charge in [0.25, 0.3) is 0 Å². The Balaban J connectivity index is 2.10. The van der Waals surface area contributed by atoms with Gasteiger partial charge in [-0.3, -0.25) is 0 Å². The summed E-state index contributed by atoms with van der Waals surface area (Å²) in [7, 11) is -3.86. The maximum atomic E-state index is 12.6. The van der Waals surface area contributed by atoms with E-state index >= 15 is 0 Å². The van der Waals surface area contributed by atoms with Crippen LogP contribution < -0.4 is 0 Å². The summed E-state index contributed by atoms with van der Waals surface area (Å²) in [6.45, 7) is 1.88. The molecule has 1 unspecified atom stereocenters. The Morgan fingerprint density at radius 3 is 2.50 bits per heavy atom. The maximum absolute atomic E-state index is 12.6. The molecule has 1 aromatic heterocycles. The molecule has 0 aliphatic rings. The van der Waals surface area contributed by atoms with E-state index < -0.39 is 15.3 Å². The number of fused-ring (bicyclic) bond motifs is 1. The van der Waals surface area contributed by atoms with Gasteiger partial charge in [-0.2, -0.15) is 0 Å². The molecule has 4 nitrogen and oxygen atoms in total. The first-order valence-corrected chi connectivity index (χ1v) is 8.99. The average Bonchev–Trinajstić information content (AvgIpc) is 2.89. The van der Waals surface area contributed by atoms with E-state index in [-0.39, 0.29) is 4.90 Å². The fourth-order valence-electron chi connectivity index (χ4n) is 2.34. The number of aromatic nitrogens is 1. The van der Waals surface area contributed by atoms with Gasteiger partial charge in [0.1, 0.15) is 0 Å². The number of hydrogen-bond donors (Lipinski definition) is 2. The molecule has 1 atom stereocenters. The molecule has 0 fully saturated rings. The van der Waals surface area contributed by atoms with Gasteiger partial charge in [-0.1, -0.05) is 33.6 Å². The van der Waals surface area contributed by atoms with Crippen LogP contribution in [0.25, 0.3) is 10.9 Å². The molecule has 0 saturated heterocycles. The van der Waals surface area contributed by atoms with Crippen LogP contribution in [0.3, 0.4) is 0 Å². The van der Waals surface area contributed by atoms with Crippen molar-refractivity contribution in [2.75, 3.05) is 0 Å². The summed E-state index contributed by atoms with van der Waals surface area (Å²) in [5, 5.41) is 11.1. The Bertz CT molecular complexity index is 930. The molecule has 0 aliphatic carbocycles. The van der Waals surface area contributed by atoms with Crippen LogP contribution in [0.4, 0.5) is 0 Å². The first kappa shape index (κ1) is 15.3. The monoisotopic (exact) mass is 379 g/mol. The van der Waals surface area contributed by atoms with Crippen LogP contribution in [0.5, 0.6) is 0 Å². The molecule has 0 saturated carbocycles. The number of H-pyrrole nitrogens is 1. The summed E-state index contributed by atoms with van der Waals surface area (Å²) in [6.07, 6.45) is 1.54. The molecule has 0 amide bonds. The van der Waals surface area contributed by atoms with E-state index in [0.717, 1.165) is 15.6 Å². The summed E-state index contributed by atoms with van der Waals surface area (Å²) < 4.78 is 26.0. The summed E-state index contributed by atoms with van der Waals surface area (Å²) in [4.78, 5) is 3.09. The molecule has 3 rings (SSSR count). The van der Waals surface area contributed by atoms with Crippen LogP contribution >= 0.6 is 15.9 Å². The average molecular weight is 380 g/mol. The standard InChI is InChI=1S/C16H14BrNO3S/c1-10-2-5-12(6-3-10)22(20,21)16(19)14-9-18-15-7-4-11(17)8-13(14)15/h2-9,16,18-19H,1H3. The number of sulfone groups is 1. The minimum absolute atomic E-state index is 0.106. The number of halogens is 1. The van der Waals surface area contributed by atoms with Crippen molar-refractivity contribution in [3.05, 3.63) is 64.3 Å². The molecule has 6 heteroatoms. The van der Waals surface area contributed by atoms with Crippen LogP contribution in [0.15, 0.2) is 58.0 Å². The zero-order chi connectivity index (χ0) is 15.9. The highest BCUT2D eigenvalue weighted by Gasteiger charge is 2.29. The van der Waals surface area contributed by atoms with Gasteiger partial charge >= 0.3 is 0 Å². The zero-order valence-electron chi connectivity index (χ0n) is 11.7. The minimum Gasteiger partial charge on any atom is -0.373 e. The second-order valence-corrected chi connectivity index (χ2v) is 8.07. The predicted octanol–water partition coefficient (Wildman–Crippen LogP) is 3.70. The van der Waals surface area contributed by atoms with Gasteiger partial charge < -0.3 is 10.1 Å². The third kappa shape index (κ3) is 2.58. The van der Waals surface area contributed by atoms with Crippen LogP contribution in [0, 0.1) is 6.92 Å². The third-order valence-corrected chi connectivity index (χ3v) is 5.85. The third-order valence-electron chi connectivity index (χ3n) is 3.59. The number of aliphatic hydroxyl groups is 1. The lowest BCUT2D eigenvalue weighted by atomic mass is 10.2. The molecule has 22 heavy (non-hydrogen) atoms. The van der Waals surface area contributed by atoms with Crippen molar-refractivity contribution in [2.24, 2.45) is 0 Å². The largest absolute Gasteiger partial charge is 0.373 e. The van der Waals surface area contributed by atoms with Crippen LogP contribution in [0.1, 0.15) is 16.6 Å². The predicted molar refractivity (Wildman–Crippen MR) is 89.3 cm³/mol. The van der Waals surface area contributed by atoms with Crippen molar-refractivity contribution in [2.45, 2.75) is 17.3 Å². The van der Waals surface area contributed by atoms with Gasteiger partial charge in [-0.15, -0.1) is 0 Å². The number of aliphatic hydroxyl groups excluding tert-OH is 1. The summed E-state index contributed by atoms with van der Waals surface area (Å²) >= 11 is 3.36. The Morgan fingerprint density at radius 2 is 1.82 bits per heavy atom. The molecule has 0 bridgehead atoms. The molecular weight excluding hydrogens is 366 g/mol. The second-order valence-electron chi connectivity index (χ2n) is 5.14. The smallest absolute Gasteiger partial charge is 0.209 e. The van der Waals surface area contributed by atoms with E-state index in [4.69, 9.17) is 0 Å². The van der Waals surface area contributed by atoms with Crippen molar-refractivity contribution in [1.29, 1.82) is 0 Å². The minimum atomic E-state index is -3.86. The number of aryl methyl sites for hydroxylation is 1. The Hall–Kier alpha value is -1.63. The van der Waals surface area contributed by atoms with Gasteiger partial charge in [0.05, 0.1) is 4.90 Å². The molecule has 0 aliphatic heterocycles. The molecule has 0 spiro atoms. The lowest BCUT2D eigenvalue weighted by Gasteiger charge is -2.12. The lowest BCUT2D eigenvalue weighted by Crippen LogP contribution is -2.13. The summed E-state index contributed by atoms with van der Waals surface area (Å²) in [5.41, 5.74) is 0.468. The first-order valence-electron chi connectivity index (χ1n) is 6.65. The van der Waals surface area contributed by atoms with E-state index in [1.54, 1.807) is 18.2 Å². The van der Waals surface area contributed by atoms with E-state index in [9.17, 15) is 13.5 Å². The Labute approximate surface area is 136 Å². The summed E-state index contributed by atoms with van der Waals surface area (Å²) in [5.74, 6) is 0. The fourth-order valence-corrected chi connectivity index (χ4v) is 4.01. The van der Waals surface area contributed by atoms with Gasteiger partial charge in [0, 0.05) is 27.1 Å². The number of nitrogens with one attached hydrogen (secondary N) is 1. The van der Waals surface area contributed by atoms with E-state index in [1.165, 1.54) is 18.3 Å². The zero-order valence-corrected chi connectivity index (χ0v) is 14.1. The molecular formula is C16H14BrNO3S. The molecule has 2 N–H and O–H groups in total. The SMILES string of the molecule is Cc1ccc(S(=O)(=O)C(O)c2c[nH]c3ccc(Br)cc23)cc1. The highest BCUT2D eigenvalue weighted by Crippen LogP contribution is 2.32. The highest BCUT2D eigenvalue weighted by atomic mass is 79.9. The van der Waals surface area contributed by atoms with E-state index in [0.29, 0.717) is 10.9 Å². The Morgan fingerprint density at radius 1 is 1.14 bits per heavy atom. The first-order chi connectivity index (χ1) is 10.4. The van der Waals surface area contributed by atoms with Crippen molar-refractivity contribution in [1.82, 2.24) is 4.98 Å². The number of rotatable bonds is 3. The molecule has 3 aromatic rings. The molecule has 114 valence electrons. The normalized spacial score (nSPS) is 13.4. The van der Waals surface area contributed by atoms with E-state index in [1.807, 2.05) is 19.1 Å². The van der Waals surface area contributed by atoms with Crippen molar-refractivity contribution in [3.63, 3.8) is 0 Å². The quantitative estimate of drug-likeness (QED) is 0.728. The van der Waals surface area contributed by atoms with Crippen molar-refractivity contribution in [3.8, 4) is 0 Å². The van der Waals surface area contributed by atoms with Crippen LogP contribution in [-0.4, -0.2) is 18.5 Å².